The average molecular weight is 266 g/mol. The van der Waals surface area contributed by atoms with Crippen molar-refractivity contribution in [2.24, 2.45) is 0 Å². The molecular formula is C11H12BrN3. The number of nitrogen functional groups attached to an aromatic ring is 1. The van der Waals surface area contributed by atoms with Crippen molar-refractivity contribution in [3.63, 3.8) is 0 Å². The fraction of sp³-hybridized carbons (Fsp3) is 0.182. The summed E-state index contributed by atoms with van der Waals surface area (Å²) in [4.78, 5) is 4.53. The van der Waals surface area contributed by atoms with Gasteiger partial charge in [0.2, 0.25) is 0 Å². The molecule has 0 aliphatic carbocycles. The number of benzene rings is 1. The highest BCUT2D eigenvalue weighted by atomic mass is 79.9. The summed E-state index contributed by atoms with van der Waals surface area (Å²) in [6, 6.07) is 7.99. The van der Waals surface area contributed by atoms with Gasteiger partial charge in [0.1, 0.15) is 5.82 Å². The van der Waals surface area contributed by atoms with Crippen LogP contribution in [-0.4, -0.2) is 11.5 Å². The first kappa shape index (κ1) is 10.2. The van der Waals surface area contributed by atoms with Crippen LogP contribution in [0.1, 0.15) is 5.56 Å². The molecule has 1 aliphatic rings. The van der Waals surface area contributed by atoms with Crippen LogP contribution >= 0.6 is 17.0 Å². The molecule has 0 amide bonds. The van der Waals surface area contributed by atoms with Crippen LogP contribution < -0.4 is 11.1 Å². The van der Waals surface area contributed by atoms with Crippen molar-refractivity contribution in [1.82, 2.24) is 4.98 Å². The minimum Gasteiger partial charge on any atom is -0.398 e. The van der Waals surface area contributed by atoms with Crippen molar-refractivity contribution in [2.45, 2.75) is 6.42 Å². The van der Waals surface area contributed by atoms with Gasteiger partial charge in [-0.1, -0.05) is 18.2 Å². The predicted molar refractivity (Wildman–Crippen MR) is 68.7 cm³/mol. The number of para-hydroxylation sites is 1. The molecule has 0 spiro atoms. The maximum atomic E-state index is 6.09. The van der Waals surface area contributed by atoms with Gasteiger partial charge in [0, 0.05) is 23.2 Å². The van der Waals surface area contributed by atoms with Crippen LogP contribution in [0.3, 0.4) is 0 Å². The Hall–Kier alpha value is -1.29. The molecule has 0 radical (unpaired) electrons. The van der Waals surface area contributed by atoms with E-state index >= 15 is 0 Å². The fourth-order valence-electron chi connectivity index (χ4n) is 1.98. The van der Waals surface area contributed by atoms with Crippen LogP contribution in [0.15, 0.2) is 24.3 Å². The van der Waals surface area contributed by atoms with E-state index in [1.807, 2.05) is 24.3 Å². The maximum absolute atomic E-state index is 6.09. The molecule has 1 aliphatic heterocycles. The summed E-state index contributed by atoms with van der Waals surface area (Å²) < 4.78 is 0. The molecule has 78 valence electrons. The van der Waals surface area contributed by atoms with Gasteiger partial charge in [-0.25, -0.2) is 4.98 Å². The number of anilines is 2. The fourth-order valence-corrected chi connectivity index (χ4v) is 1.98. The first-order valence-electron chi connectivity index (χ1n) is 4.77. The largest absolute Gasteiger partial charge is 0.398 e. The summed E-state index contributed by atoms with van der Waals surface area (Å²) in [6.07, 6.45) is 0.985. The third-order valence-electron chi connectivity index (χ3n) is 2.70. The first-order chi connectivity index (χ1) is 6.86. The lowest BCUT2D eigenvalue weighted by atomic mass is 10.1. The zero-order valence-electron chi connectivity index (χ0n) is 8.16. The third kappa shape index (κ3) is 1.45. The molecule has 0 bridgehead atoms. The second-order valence-electron chi connectivity index (χ2n) is 3.55. The number of nitrogens with two attached hydrogens (primary N) is 1. The summed E-state index contributed by atoms with van der Waals surface area (Å²) in [7, 11) is 0. The number of halogens is 1. The molecule has 4 heteroatoms. The summed E-state index contributed by atoms with van der Waals surface area (Å²) in [5.74, 6) is 0.959. The van der Waals surface area contributed by atoms with Gasteiger partial charge in [-0.05, 0) is 12.5 Å². The van der Waals surface area contributed by atoms with E-state index in [9.17, 15) is 0 Å². The Morgan fingerprint density at radius 3 is 2.93 bits per heavy atom. The second-order valence-corrected chi connectivity index (χ2v) is 3.55. The minimum absolute atomic E-state index is 0. The monoisotopic (exact) mass is 265 g/mol. The number of aromatic nitrogens is 1. The molecule has 0 fully saturated rings. The Labute approximate surface area is 98.5 Å². The Balaban J connectivity index is 0.000000853. The summed E-state index contributed by atoms with van der Waals surface area (Å²) >= 11 is 0. The van der Waals surface area contributed by atoms with Gasteiger partial charge in [-0.15, -0.1) is 17.0 Å². The topological polar surface area (TPSA) is 50.9 Å². The molecule has 0 saturated carbocycles. The predicted octanol–water partition coefficient (Wildman–Crippen LogP) is 2.36. The maximum Gasteiger partial charge on any atom is 0.132 e. The summed E-state index contributed by atoms with van der Waals surface area (Å²) in [5.41, 5.74) is 9.12. The van der Waals surface area contributed by atoms with Crippen molar-refractivity contribution < 1.29 is 0 Å². The van der Waals surface area contributed by atoms with Gasteiger partial charge in [0.05, 0.1) is 5.52 Å². The molecular weight excluding hydrogens is 254 g/mol. The number of hydrogen-bond acceptors (Lipinski definition) is 3. The lowest BCUT2D eigenvalue weighted by Crippen LogP contribution is -1.96. The van der Waals surface area contributed by atoms with Gasteiger partial charge in [0.15, 0.2) is 0 Å². The zero-order chi connectivity index (χ0) is 9.54. The second kappa shape index (κ2) is 3.70. The SMILES string of the molecule is Br.Nc1c2c(nc3ccccc13)NCC2. The van der Waals surface area contributed by atoms with E-state index < -0.39 is 0 Å². The molecule has 0 saturated heterocycles. The van der Waals surface area contributed by atoms with Crippen LogP contribution in [0.25, 0.3) is 10.9 Å². The lowest BCUT2D eigenvalue weighted by molar-refractivity contribution is 1.11. The molecule has 3 N–H and O–H groups in total. The number of fused-ring (bicyclic) bond motifs is 2. The molecule has 3 rings (SSSR count). The van der Waals surface area contributed by atoms with Crippen molar-refractivity contribution in [1.29, 1.82) is 0 Å². The highest BCUT2D eigenvalue weighted by Gasteiger charge is 2.16. The molecule has 0 atom stereocenters. The number of nitrogens with zero attached hydrogens (tertiary/aromatic N) is 1. The number of hydrogen-bond donors (Lipinski definition) is 2. The van der Waals surface area contributed by atoms with Crippen molar-refractivity contribution in [3.8, 4) is 0 Å². The van der Waals surface area contributed by atoms with E-state index in [1.165, 1.54) is 5.56 Å². The van der Waals surface area contributed by atoms with E-state index in [4.69, 9.17) is 5.73 Å². The lowest BCUT2D eigenvalue weighted by Gasteiger charge is -2.06. The highest BCUT2D eigenvalue weighted by Crippen LogP contribution is 2.31. The molecule has 1 aromatic carbocycles. The smallest absolute Gasteiger partial charge is 0.132 e. The van der Waals surface area contributed by atoms with Crippen LogP contribution in [-0.2, 0) is 6.42 Å². The Morgan fingerprint density at radius 2 is 2.07 bits per heavy atom. The van der Waals surface area contributed by atoms with E-state index in [-0.39, 0.29) is 17.0 Å². The molecule has 2 aromatic rings. The minimum atomic E-state index is 0. The van der Waals surface area contributed by atoms with Gasteiger partial charge in [0.25, 0.3) is 0 Å². The van der Waals surface area contributed by atoms with E-state index in [0.29, 0.717) is 0 Å². The molecule has 0 unspecified atom stereocenters. The average Bonchev–Trinajstić information content (AvgIpc) is 2.66. The number of rotatable bonds is 0. The van der Waals surface area contributed by atoms with Gasteiger partial charge >= 0.3 is 0 Å². The van der Waals surface area contributed by atoms with E-state index in [1.54, 1.807) is 0 Å². The summed E-state index contributed by atoms with van der Waals surface area (Å²) in [6.45, 7) is 0.947. The molecule has 2 heterocycles. The third-order valence-corrected chi connectivity index (χ3v) is 2.70. The van der Waals surface area contributed by atoms with E-state index in [0.717, 1.165) is 35.4 Å². The molecule has 15 heavy (non-hydrogen) atoms. The van der Waals surface area contributed by atoms with Crippen molar-refractivity contribution in [3.05, 3.63) is 29.8 Å². The van der Waals surface area contributed by atoms with Gasteiger partial charge < -0.3 is 11.1 Å². The van der Waals surface area contributed by atoms with Gasteiger partial charge in [-0.2, -0.15) is 0 Å². The van der Waals surface area contributed by atoms with Crippen molar-refractivity contribution in [2.75, 3.05) is 17.6 Å². The van der Waals surface area contributed by atoms with Crippen LogP contribution in [0.2, 0.25) is 0 Å². The Bertz CT molecular complexity index is 510. The molecule has 1 aromatic heterocycles. The van der Waals surface area contributed by atoms with Crippen molar-refractivity contribution >= 4 is 39.4 Å². The number of nitrogens with one attached hydrogen (secondary N) is 1. The Kier molecular flexibility index (Phi) is 2.52. The van der Waals surface area contributed by atoms with Gasteiger partial charge in [-0.3, -0.25) is 0 Å². The van der Waals surface area contributed by atoms with Crippen LogP contribution in [0.5, 0.6) is 0 Å². The quantitative estimate of drug-likeness (QED) is 0.769. The zero-order valence-corrected chi connectivity index (χ0v) is 9.87. The van der Waals surface area contributed by atoms with Crippen LogP contribution in [0.4, 0.5) is 11.5 Å². The normalized spacial score (nSPS) is 13.1. The highest BCUT2D eigenvalue weighted by molar-refractivity contribution is 8.93. The number of pyridine rings is 1. The molecule has 3 nitrogen and oxygen atoms in total. The summed E-state index contributed by atoms with van der Waals surface area (Å²) in [5, 5.41) is 4.31. The first-order valence-corrected chi connectivity index (χ1v) is 4.77. The Morgan fingerprint density at radius 1 is 1.27 bits per heavy atom. The standard InChI is InChI=1S/C11H11N3.BrH/c12-10-7-3-1-2-4-9(7)14-11-8(10)5-6-13-11;/h1-4H,5-6H2,(H3,12,13,14);1H. The van der Waals surface area contributed by atoms with Crippen LogP contribution in [0, 0.1) is 0 Å². The van der Waals surface area contributed by atoms with E-state index in [2.05, 4.69) is 10.3 Å².